The normalized spacial score (nSPS) is 15.9. The molecule has 0 aliphatic carbocycles. The number of amides is 1. The molecular weight excluding hydrogens is 236 g/mol. The molecule has 0 spiro atoms. The minimum Gasteiger partial charge on any atom is -0.482 e. The highest BCUT2D eigenvalue weighted by Gasteiger charge is 2.25. The van der Waals surface area contributed by atoms with Crippen molar-refractivity contribution in [3.63, 3.8) is 0 Å². The summed E-state index contributed by atoms with van der Waals surface area (Å²) in [6.45, 7) is 0.00866. The monoisotopic (exact) mass is 250 g/mol. The van der Waals surface area contributed by atoms with Crippen molar-refractivity contribution < 1.29 is 19.4 Å². The van der Waals surface area contributed by atoms with Crippen LogP contribution in [-0.4, -0.2) is 37.2 Å². The van der Waals surface area contributed by atoms with Crippen molar-refractivity contribution in [2.45, 2.75) is 5.92 Å². The van der Waals surface area contributed by atoms with Crippen molar-refractivity contribution in [2.24, 2.45) is 5.73 Å². The van der Waals surface area contributed by atoms with Gasteiger partial charge < -0.3 is 20.5 Å². The lowest BCUT2D eigenvalue weighted by Gasteiger charge is -2.27. The lowest BCUT2D eigenvalue weighted by Crippen LogP contribution is -2.35. The van der Waals surface area contributed by atoms with Crippen LogP contribution >= 0.6 is 0 Å². The van der Waals surface area contributed by atoms with Gasteiger partial charge in [0.1, 0.15) is 5.75 Å². The predicted octanol–water partition coefficient (Wildman–Crippen LogP) is 0.169. The van der Waals surface area contributed by atoms with Gasteiger partial charge in [-0.2, -0.15) is 0 Å². The Morgan fingerprint density at radius 3 is 2.94 bits per heavy atom. The van der Waals surface area contributed by atoms with Crippen LogP contribution in [0.15, 0.2) is 18.2 Å². The van der Waals surface area contributed by atoms with Crippen LogP contribution in [0, 0.1) is 0 Å². The van der Waals surface area contributed by atoms with Crippen LogP contribution in [0.1, 0.15) is 11.5 Å². The molecule has 1 amide bonds. The molecule has 0 saturated carbocycles. The van der Waals surface area contributed by atoms with E-state index in [2.05, 4.69) is 0 Å². The number of nitrogens with two attached hydrogens (primary N) is 1. The molecule has 0 saturated heterocycles. The number of anilines is 1. The number of ether oxygens (including phenoxy) is 1. The first-order valence-corrected chi connectivity index (χ1v) is 5.50. The number of carboxylic acids is 1. The van der Waals surface area contributed by atoms with Crippen LogP contribution in [0.3, 0.4) is 0 Å². The van der Waals surface area contributed by atoms with Gasteiger partial charge in [0, 0.05) is 13.6 Å². The second kappa shape index (κ2) is 4.66. The van der Waals surface area contributed by atoms with Crippen LogP contribution in [0.4, 0.5) is 5.69 Å². The van der Waals surface area contributed by atoms with Crippen LogP contribution in [-0.2, 0) is 9.59 Å². The number of fused-ring (bicyclic) bond motifs is 1. The van der Waals surface area contributed by atoms with Crippen molar-refractivity contribution in [1.29, 1.82) is 0 Å². The zero-order valence-electron chi connectivity index (χ0n) is 9.92. The summed E-state index contributed by atoms with van der Waals surface area (Å²) in [6.07, 6.45) is 0. The number of rotatable bonds is 3. The Morgan fingerprint density at radius 2 is 2.33 bits per heavy atom. The molecule has 96 valence electrons. The molecule has 0 fully saturated rings. The number of carbonyl (C=O) groups is 2. The fraction of sp³-hybridized carbons (Fsp3) is 0.333. The number of nitrogens with zero attached hydrogens (tertiary/aromatic N) is 1. The zero-order chi connectivity index (χ0) is 13.3. The molecule has 2 rings (SSSR count). The minimum atomic E-state index is -0.983. The second-order valence-corrected chi connectivity index (χ2v) is 4.10. The Kier molecular flexibility index (Phi) is 3.20. The lowest BCUT2D eigenvalue weighted by atomic mass is 9.98. The average molecular weight is 250 g/mol. The molecule has 1 aromatic carbocycles. The maximum atomic E-state index is 11.5. The third-order valence-corrected chi connectivity index (χ3v) is 3.01. The van der Waals surface area contributed by atoms with Gasteiger partial charge >= 0.3 is 5.97 Å². The summed E-state index contributed by atoms with van der Waals surface area (Å²) < 4.78 is 5.27. The van der Waals surface area contributed by atoms with Crippen molar-refractivity contribution in [3.8, 4) is 5.75 Å². The first kappa shape index (κ1) is 12.4. The number of carbonyl (C=O) groups excluding carboxylic acids is 1. The summed E-state index contributed by atoms with van der Waals surface area (Å²) in [5.74, 6) is -1.36. The van der Waals surface area contributed by atoms with Crippen molar-refractivity contribution in [2.75, 3.05) is 25.1 Å². The standard InChI is InChI=1S/C12H14N2O4/c1-14-9-4-7(8(5-13)12(16)17)2-3-10(9)18-6-11(14)15/h2-4,8H,5-6,13H2,1H3,(H,16,17). The maximum Gasteiger partial charge on any atom is 0.312 e. The average Bonchev–Trinajstić information content (AvgIpc) is 2.35. The Balaban J connectivity index is 2.42. The largest absolute Gasteiger partial charge is 0.482 e. The maximum absolute atomic E-state index is 11.5. The topological polar surface area (TPSA) is 92.9 Å². The number of hydrogen-bond donors (Lipinski definition) is 2. The van der Waals surface area contributed by atoms with Crippen molar-refractivity contribution >= 4 is 17.6 Å². The van der Waals surface area contributed by atoms with E-state index in [1.807, 2.05) is 0 Å². The molecule has 1 aliphatic rings. The van der Waals surface area contributed by atoms with Crippen LogP contribution in [0.5, 0.6) is 5.75 Å². The molecule has 6 nitrogen and oxygen atoms in total. The van der Waals surface area contributed by atoms with E-state index in [9.17, 15) is 9.59 Å². The van der Waals surface area contributed by atoms with E-state index in [4.69, 9.17) is 15.6 Å². The highest BCUT2D eigenvalue weighted by atomic mass is 16.5. The van der Waals surface area contributed by atoms with E-state index >= 15 is 0 Å². The Labute approximate surface area is 104 Å². The van der Waals surface area contributed by atoms with E-state index in [-0.39, 0.29) is 19.1 Å². The molecule has 1 aliphatic heterocycles. The Hall–Kier alpha value is -2.08. The molecule has 1 atom stereocenters. The molecule has 0 aromatic heterocycles. The van der Waals surface area contributed by atoms with E-state index in [0.717, 1.165) is 0 Å². The lowest BCUT2D eigenvalue weighted by molar-refractivity contribution is -0.138. The second-order valence-electron chi connectivity index (χ2n) is 4.10. The molecule has 0 bridgehead atoms. The van der Waals surface area contributed by atoms with Gasteiger partial charge in [0.05, 0.1) is 11.6 Å². The highest BCUT2D eigenvalue weighted by molar-refractivity contribution is 5.97. The van der Waals surface area contributed by atoms with Gasteiger partial charge in [-0.3, -0.25) is 9.59 Å². The fourth-order valence-corrected chi connectivity index (χ4v) is 1.89. The smallest absolute Gasteiger partial charge is 0.312 e. The molecule has 1 aromatic rings. The van der Waals surface area contributed by atoms with Crippen LogP contribution in [0.25, 0.3) is 0 Å². The minimum absolute atomic E-state index is 0.00208. The molecular formula is C12H14N2O4. The van der Waals surface area contributed by atoms with Gasteiger partial charge in [-0.15, -0.1) is 0 Å². The number of aliphatic carboxylic acids is 1. The third-order valence-electron chi connectivity index (χ3n) is 3.01. The quantitative estimate of drug-likeness (QED) is 0.797. The number of likely N-dealkylation sites (N-methyl/N-ethyl adjacent to an activating group) is 1. The molecule has 18 heavy (non-hydrogen) atoms. The van der Waals surface area contributed by atoms with E-state index in [1.165, 1.54) is 4.90 Å². The number of benzene rings is 1. The summed E-state index contributed by atoms with van der Waals surface area (Å²) in [6, 6.07) is 4.96. The third kappa shape index (κ3) is 2.02. The Bertz CT molecular complexity index is 501. The van der Waals surface area contributed by atoms with Gasteiger partial charge in [0.25, 0.3) is 5.91 Å². The van der Waals surface area contributed by atoms with Gasteiger partial charge in [-0.1, -0.05) is 6.07 Å². The summed E-state index contributed by atoms with van der Waals surface area (Å²) in [7, 11) is 1.63. The first-order valence-electron chi connectivity index (χ1n) is 5.50. The molecule has 1 unspecified atom stereocenters. The summed E-state index contributed by atoms with van der Waals surface area (Å²) in [4.78, 5) is 24.0. The van der Waals surface area contributed by atoms with Gasteiger partial charge in [-0.25, -0.2) is 0 Å². The van der Waals surface area contributed by atoms with Gasteiger partial charge in [0.15, 0.2) is 6.61 Å². The van der Waals surface area contributed by atoms with Crippen molar-refractivity contribution in [1.82, 2.24) is 0 Å². The molecule has 1 heterocycles. The first-order chi connectivity index (χ1) is 8.54. The van der Waals surface area contributed by atoms with Crippen LogP contribution in [0.2, 0.25) is 0 Å². The van der Waals surface area contributed by atoms with E-state index < -0.39 is 11.9 Å². The molecule has 6 heteroatoms. The predicted molar refractivity (Wildman–Crippen MR) is 64.8 cm³/mol. The number of carboxylic acid groups (broad SMARTS) is 1. The van der Waals surface area contributed by atoms with E-state index in [1.54, 1.807) is 25.2 Å². The van der Waals surface area contributed by atoms with Gasteiger partial charge in [0.2, 0.25) is 0 Å². The van der Waals surface area contributed by atoms with Crippen LogP contribution < -0.4 is 15.4 Å². The van der Waals surface area contributed by atoms with Gasteiger partial charge in [-0.05, 0) is 17.7 Å². The summed E-state index contributed by atoms with van der Waals surface area (Å²) in [5.41, 5.74) is 6.59. The SMILES string of the molecule is CN1C(=O)COc2ccc(C(CN)C(=O)O)cc21. The summed E-state index contributed by atoms with van der Waals surface area (Å²) in [5, 5.41) is 9.06. The Morgan fingerprint density at radius 1 is 1.61 bits per heavy atom. The summed E-state index contributed by atoms with van der Waals surface area (Å²) >= 11 is 0. The fourth-order valence-electron chi connectivity index (χ4n) is 1.89. The highest BCUT2D eigenvalue weighted by Crippen LogP contribution is 2.33. The van der Waals surface area contributed by atoms with E-state index in [0.29, 0.717) is 17.0 Å². The molecule has 3 N–H and O–H groups in total. The zero-order valence-corrected chi connectivity index (χ0v) is 9.92. The molecule has 0 radical (unpaired) electrons. The van der Waals surface area contributed by atoms with Crippen molar-refractivity contribution in [3.05, 3.63) is 23.8 Å². The number of hydrogen-bond acceptors (Lipinski definition) is 4.